The lowest BCUT2D eigenvalue weighted by molar-refractivity contribution is 0.219. The molecule has 0 saturated carbocycles. The zero-order valence-corrected chi connectivity index (χ0v) is 14.8. The molecule has 0 fully saturated rings. The van der Waals surface area contributed by atoms with Gasteiger partial charge in [0.05, 0.1) is 17.8 Å². The van der Waals surface area contributed by atoms with Crippen molar-refractivity contribution in [2.75, 3.05) is 6.54 Å². The normalized spacial score (nSPS) is 14.5. The van der Waals surface area contributed by atoms with Crippen LogP contribution in [0.25, 0.3) is 11.1 Å². The largest absolute Gasteiger partial charge is 0.438 e. The van der Waals surface area contributed by atoms with E-state index in [9.17, 15) is 5.26 Å². The van der Waals surface area contributed by atoms with Crippen LogP contribution in [-0.4, -0.2) is 21.4 Å². The Bertz CT molecular complexity index is 1010. The number of nitrogens with zero attached hydrogens (tertiary/aromatic N) is 4. The van der Waals surface area contributed by atoms with E-state index < -0.39 is 0 Å². The lowest BCUT2D eigenvalue weighted by Crippen LogP contribution is -2.31. The van der Waals surface area contributed by atoms with Crippen molar-refractivity contribution < 1.29 is 4.42 Å². The fourth-order valence-electron chi connectivity index (χ4n) is 3.67. The number of aryl methyl sites for hydroxylation is 3. The molecular formula is C20H20N4O. The average molecular weight is 332 g/mol. The van der Waals surface area contributed by atoms with Crippen LogP contribution in [0.15, 0.2) is 22.6 Å². The molecule has 0 bridgehead atoms. The summed E-state index contributed by atoms with van der Waals surface area (Å²) in [6.07, 6.45) is 0.997. The van der Waals surface area contributed by atoms with Crippen molar-refractivity contribution >= 4 is 11.1 Å². The first kappa shape index (κ1) is 15.8. The van der Waals surface area contributed by atoms with Gasteiger partial charge >= 0.3 is 0 Å². The first-order chi connectivity index (χ1) is 12.0. The molecule has 3 aromatic rings. The summed E-state index contributed by atoms with van der Waals surface area (Å²) in [5.41, 5.74) is 7.85. The van der Waals surface area contributed by atoms with E-state index in [1.165, 1.54) is 11.1 Å². The predicted octanol–water partition coefficient (Wildman–Crippen LogP) is 3.58. The average Bonchev–Trinajstić information content (AvgIpc) is 2.95. The van der Waals surface area contributed by atoms with Gasteiger partial charge in [0.15, 0.2) is 5.58 Å². The molecule has 5 heteroatoms. The molecule has 1 aromatic carbocycles. The third kappa shape index (κ3) is 2.90. The molecule has 0 unspecified atom stereocenters. The molecule has 1 aliphatic heterocycles. The number of aromatic nitrogens is 2. The SMILES string of the molecule is Cc1cc(C#N)c2oc(CN3CCc4c(C)cc(C)nc4C3)nc2c1. The Morgan fingerprint density at radius 1 is 1.20 bits per heavy atom. The first-order valence-corrected chi connectivity index (χ1v) is 8.52. The van der Waals surface area contributed by atoms with Gasteiger partial charge in [-0.25, -0.2) is 4.98 Å². The van der Waals surface area contributed by atoms with Gasteiger partial charge < -0.3 is 4.42 Å². The molecule has 2 aromatic heterocycles. The first-order valence-electron chi connectivity index (χ1n) is 8.52. The minimum absolute atomic E-state index is 0.547. The van der Waals surface area contributed by atoms with Gasteiger partial charge in [-0.2, -0.15) is 5.26 Å². The van der Waals surface area contributed by atoms with E-state index in [1.54, 1.807) is 0 Å². The lowest BCUT2D eigenvalue weighted by atomic mass is 9.99. The summed E-state index contributed by atoms with van der Waals surface area (Å²) in [5, 5.41) is 9.30. The highest BCUT2D eigenvalue weighted by Crippen LogP contribution is 2.25. The second kappa shape index (κ2) is 5.98. The summed E-state index contributed by atoms with van der Waals surface area (Å²) in [7, 11) is 0. The number of benzene rings is 1. The Morgan fingerprint density at radius 3 is 2.84 bits per heavy atom. The zero-order chi connectivity index (χ0) is 17.6. The highest BCUT2D eigenvalue weighted by molar-refractivity contribution is 5.80. The smallest absolute Gasteiger partial charge is 0.209 e. The van der Waals surface area contributed by atoms with Crippen LogP contribution in [0.3, 0.4) is 0 Å². The zero-order valence-electron chi connectivity index (χ0n) is 14.8. The van der Waals surface area contributed by atoms with Gasteiger partial charge in [-0.15, -0.1) is 0 Å². The van der Waals surface area contributed by atoms with Crippen molar-refractivity contribution in [2.45, 2.75) is 40.3 Å². The second-order valence-electron chi connectivity index (χ2n) is 6.85. The third-order valence-corrected chi connectivity index (χ3v) is 4.77. The number of rotatable bonds is 2. The Labute approximate surface area is 146 Å². The molecule has 0 aliphatic carbocycles. The van der Waals surface area contributed by atoms with Crippen LogP contribution < -0.4 is 0 Å². The Balaban J connectivity index is 1.61. The summed E-state index contributed by atoms with van der Waals surface area (Å²) >= 11 is 0. The van der Waals surface area contributed by atoms with Crippen LogP contribution in [0.4, 0.5) is 0 Å². The van der Waals surface area contributed by atoms with Crippen molar-refractivity contribution in [3.05, 3.63) is 57.7 Å². The molecule has 0 radical (unpaired) electrons. The molecule has 0 saturated heterocycles. The highest BCUT2D eigenvalue weighted by atomic mass is 16.3. The van der Waals surface area contributed by atoms with Crippen LogP contribution in [0, 0.1) is 32.1 Å². The maximum absolute atomic E-state index is 9.30. The van der Waals surface area contributed by atoms with Gasteiger partial charge in [0.1, 0.15) is 11.6 Å². The van der Waals surface area contributed by atoms with Crippen molar-refractivity contribution in [1.82, 2.24) is 14.9 Å². The molecule has 0 spiro atoms. The maximum atomic E-state index is 9.30. The lowest BCUT2D eigenvalue weighted by Gasteiger charge is -2.28. The van der Waals surface area contributed by atoms with Crippen LogP contribution in [0.2, 0.25) is 0 Å². The minimum atomic E-state index is 0.547. The van der Waals surface area contributed by atoms with Gasteiger partial charge in [-0.1, -0.05) is 0 Å². The van der Waals surface area contributed by atoms with Gasteiger partial charge in [-0.3, -0.25) is 9.88 Å². The van der Waals surface area contributed by atoms with Gasteiger partial charge in [0.25, 0.3) is 0 Å². The van der Waals surface area contributed by atoms with Crippen LogP contribution in [0.1, 0.15) is 39.5 Å². The van der Waals surface area contributed by atoms with Crippen molar-refractivity contribution in [3.8, 4) is 6.07 Å². The minimum Gasteiger partial charge on any atom is -0.438 e. The standard InChI is InChI=1S/C20H20N4O/c1-12-6-15(9-21)20-17(7-12)23-19(25-20)11-24-5-4-16-13(2)8-14(3)22-18(16)10-24/h6-8H,4-5,10-11H2,1-3H3. The van der Waals surface area contributed by atoms with Crippen LogP contribution in [0.5, 0.6) is 0 Å². The van der Waals surface area contributed by atoms with Gasteiger partial charge in [0, 0.05) is 18.8 Å². The summed E-state index contributed by atoms with van der Waals surface area (Å²) in [6.45, 7) is 8.57. The highest BCUT2D eigenvalue weighted by Gasteiger charge is 2.21. The fraction of sp³-hybridized carbons (Fsp3) is 0.350. The summed E-state index contributed by atoms with van der Waals surface area (Å²) in [5.74, 6) is 0.657. The summed E-state index contributed by atoms with van der Waals surface area (Å²) in [4.78, 5) is 11.6. The van der Waals surface area contributed by atoms with Crippen molar-refractivity contribution in [3.63, 3.8) is 0 Å². The maximum Gasteiger partial charge on any atom is 0.209 e. The third-order valence-electron chi connectivity index (χ3n) is 4.77. The van der Waals surface area contributed by atoms with E-state index >= 15 is 0 Å². The molecule has 0 amide bonds. The number of pyridine rings is 1. The quantitative estimate of drug-likeness (QED) is 0.717. The van der Waals surface area contributed by atoms with E-state index in [1.807, 2.05) is 26.0 Å². The summed E-state index contributed by atoms with van der Waals surface area (Å²) in [6, 6.07) is 8.15. The molecule has 25 heavy (non-hydrogen) atoms. The molecule has 3 heterocycles. The van der Waals surface area contributed by atoms with E-state index in [2.05, 4.69) is 28.9 Å². The Morgan fingerprint density at radius 2 is 2.04 bits per heavy atom. The van der Waals surface area contributed by atoms with Crippen molar-refractivity contribution in [2.24, 2.45) is 0 Å². The Kier molecular flexibility index (Phi) is 3.78. The predicted molar refractivity (Wildman–Crippen MR) is 95.0 cm³/mol. The second-order valence-corrected chi connectivity index (χ2v) is 6.85. The van der Waals surface area contributed by atoms with Crippen molar-refractivity contribution in [1.29, 1.82) is 5.26 Å². The fourth-order valence-corrected chi connectivity index (χ4v) is 3.67. The van der Waals surface area contributed by atoms with Crippen LogP contribution >= 0.6 is 0 Å². The Hall–Kier alpha value is -2.71. The molecule has 1 aliphatic rings. The molecule has 0 N–H and O–H groups in total. The van der Waals surface area contributed by atoms with Crippen LogP contribution in [-0.2, 0) is 19.5 Å². The van der Waals surface area contributed by atoms with Gasteiger partial charge in [-0.05, 0) is 62.1 Å². The number of nitriles is 1. The number of oxazole rings is 1. The van der Waals surface area contributed by atoms with E-state index in [0.717, 1.165) is 42.0 Å². The topological polar surface area (TPSA) is 66.0 Å². The molecule has 5 nitrogen and oxygen atoms in total. The monoisotopic (exact) mass is 332 g/mol. The van der Waals surface area contributed by atoms with E-state index in [0.29, 0.717) is 23.6 Å². The molecule has 126 valence electrons. The molecular weight excluding hydrogens is 312 g/mol. The van der Waals surface area contributed by atoms with E-state index in [4.69, 9.17) is 9.40 Å². The number of hydrogen-bond donors (Lipinski definition) is 0. The van der Waals surface area contributed by atoms with E-state index in [-0.39, 0.29) is 0 Å². The number of hydrogen-bond acceptors (Lipinski definition) is 5. The molecule has 4 rings (SSSR count). The number of fused-ring (bicyclic) bond motifs is 2. The molecule has 0 atom stereocenters. The summed E-state index contributed by atoms with van der Waals surface area (Å²) < 4.78 is 5.89. The van der Waals surface area contributed by atoms with Gasteiger partial charge in [0.2, 0.25) is 5.89 Å².